The van der Waals surface area contributed by atoms with Gasteiger partial charge in [0, 0.05) is 12.7 Å². The van der Waals surface area contributed by atoms with E-state index in [1.165, 1.54) is 6.20 Å². The van der Waals surface area contributed by atoms with Crippen molar-refractivity contribution in [2.45, 2.75) is 11.5 Å². The lowest BCUT2D eigenvalue weighted by Gasteiger charge is -2.26. The van der Waals surface area contributed by atoms with Crippen LogP contribution in [-0.2, 0) is 11.3 Å². The number of carbonyl (C=O) groups is 1. The Hall–Kier alpha value is -1.94. The van der Waals surface area contributed by atoms with Crippen LogP contribution < -0.4 is 10.6 Å². The molecule has 18 heavy (non-hydrogen) atoms. The van der Waals surface area contributed by atoms with Crippen LogP contribution in [0.5, 0.6) is 0 Å². The number of allylic oxidation sites excluding steroid dienone is 1. The van der Waals surface area contributed by atoms with E-state index in [1.807, 2.05) is 30.3 Å². The fraction of sp³-hybridized carbons (Fsp3) is 0.154. The number of rotatable bonds is 4. The summed E-state index contributed by atoms with van der Waals surface area (Å²) in [5.41, 5.74) is 1.50. The molecule has 0 aliphatic carbocycles. The van der Waals surface area contributed by atoms with Crippen LogP contribution >= 0.6 is 11.6 Å². The standard InChI is InChI=1S/C13H13ClN2O2/c14-13(9-17)12(18)11(6-7-16-13)15-8-10-4-2-1-3-5-10/h1-7,9,15-16,18H,8H2. The fourth-order valence-corrected chi connectivity index (χ4v) is 1.78. The molecule has 1 aromatic carbocycles. The zero-order chi connectivity index (χ0) is 13.0. The van der Waals surface area contributed by atoms with Crippen LogP contribution in [0.3, 0.4) is 0 Å². The van der Waals surface area contributed by atoms with Gasteiger partial charge in [0.2, 0.25) is 5.00 Å². The lowest BCUT2D eigenvalue weighted by molar-refractivity contribution is -0.110. The van der Waals surface area contributed by atoms with Crippen molar-refractivity contribution >= 4 is 17.9 Å². The van der Waals surface area contributed by atoms with Crippen molar-refractivity contribution in [3.05, 3.63) is 59.6 Å². The maximum atomic E-state index is 10.9. The maximum absolute atomic E-state index is 10.9. The van der Waals surface area contributed by atoms with Gasteiger partial charge in [0.15, 0.2) is 12.0 Å². The van der Waals surface area contributed by atoms with Gasteiger partial charge in [-0.1, -0.05) is 41.9 Å². The van der Waals surface area contributed by atoms with Crippen molar-refractivity contribution in [3.63, 3.8) is 0 Å². The molecule has 0 amide bonds. The Balaban J connectivity index is 2.11. The Bertz CT molecular complexity index is 499. The van der Waals surface area contributed by atoms with Gasteiger partial charge in [0.25, 0.3) is 0 Å². The van der Waals surface area contributed by atoms with Gasteiger partial charge < -0.3 is 15.7 Å². The Labute approximate surface area is 110 Å². The molecule has 0 spiro atoms. The Morgan fingerprint density at radius 1 is 1.39 bits per heavy atom. The topological polar surface area (TPSA) is 61.4 Å². The molecule has 3 N–H and O–H groups in total. The van der Waals surface area contributed by atoms with E-state index in [2.05, 4.69) is 10.6 Å². The number of hydrogen-bond donors (Lipinski definition) is 3. The lowest BCUT2D eigenvalue weighted by atomic mass is 10.1. The van der Waals surface area contributed by atoms with E-state index in [4.69, 9.17) is 11.6 Å². The molecule has 1 heterocycles. The summed E-state index contributed by atoms with van der Waals surface area (Å²) in [6, 6.07) is 9.72. The molecule has 1 aromatic rings. The lowest BCUT2D eigenvalue weighted by Crippen LogP contribution is -2.43. The largest absolute Gasteiger partial charge is 0.506 e. The second kappa shape index (κ2) is 5.14. The minimum Gasteiger partial charge on any atom is -0.506 e. The highest BCUT2D eigenvalue weighted by Crippen LogP contribution is 2.23. The van der Waals surface area contributed by atoms with E-state index >= 15 is 0 Å². The quantitative estimate of drug-likeness (QED) is 0.441. The number of halogens is 1. The van der Waals surface area contributed by atoms with Gasteiger partial charge in [-0.3, -0.25) is 4.79 Å². The van der Waals surface area contributed by atoms with Gasteiger partial charge >= 0.3 is 0 Å². The van der Waals surface area contributed by atoms with E-state index in [1.54, 1.807) is 6.08 Å². The zero-order valence-corrected chi connectivity index (χ0v) is 10.3. The molecule has 0 saturated carbocycles. The number of aliphatic hydroxyl groups is 1. The molecule has 0 radical (unpaired) electrons. The molecule has 0 fully saturated rings. The smallest absolute Gasteiger partial charge is 0.227 e. The molecule has 1 aliphatic heterocycles. The highest BCUT2D eigenvalue weighted by Gasteiger charge is 2.34. The summed E-state index contributed by atoms with van der Waals surface area (Å²) in [4.78, 5) is 9.29. The second-order valence-corrected chi connectivity index (χ2v) is 4.50. The van der Waals surface area contributed by atoms with Gasteiger partial charge in [-0.15, -0.1) is 0 Å². The summed E-state index contributed by atoms with van der Waals surface area (Å²) < 4.78 is 0. The molecule has 1 atom stereocenters. The van der Waals surface area contributed by atoms with Crippen LogP contribution in [0.2, 0.25) is 0 Å². The summed E-state index contributed by atoms with van der Waals surface area (Å²) in [6.45, 7) is 0.538. The molecule has 0 bridgehead atoms. The van der Waals surface area contributed by atoms with E-state index in [9.17, 15) is 9.90 Å². The Kier molecular flexibility index (Phi) is 3.58. The summed E-state index contributed by atoms with van der Waals surface area (Å²) in [5, 5.41) is 15.5. The number of aliphatic hydroxyl groups excluding tert-OH is 1. The first-order valence-corrected chi connectivity index (χ1v) is 5.84. The van der Waals surface area contributed by atoms with Gasteiger partial charge in [0.05, 0.1) is 5.70 Å². The molecule has 94 valence electrons. The number of aldehydes is 1. The summed E-state index contributed by atoms with van der Waals surface area (Å²) >= 11 is 5.91. The van der Waals surface area contributed by atoms with Crippen molar-refractivity contribution in [3.8, 4) is 0 Å². The van der Waals surface area contributed by atoms with Crippen LogP contribution in [0.4, 0.5) is 0 Å². The third kappa shape index (κ3) is 2.49. The van der Waals surface area contributed by atoms with Crippen molar-refractivity contribution in [1.29, 1.82) is 0 Å². The molecule has 1 aliphatic rings. The zero-order valence-electron chi connectivity index (χ0n) is 9.56. The number of carbonyl (C=O) groups excluding carboxylic acids is 1. The van der Waals surface area contributed by atoms with E-state index < -0.39 is 5.00 Å². The average molecular weight is 265 g/mol. The SMILES string of the molecule is O=CC1(Cl)NC=CC(NCc2ccccc2)=C1O. The minimum atomic E-state index is -1.58. The minimum absolute atomic E-state index is 0.224. The predicted octanol–water partition coefficient (Wildman–Crippen LogP) is 1.80. The molecule has 5 heteroatoms. The highest BCUT2D eigenvalue weighted by atomic mass is 35.5. The van der Waals surface area contributed by atoms with E-state index in [0.29, 0.717) is 18.5 Å². The number of alkyl halides is 1. The number of dihydropyridines is 1. The summed E-state index contributed by atoms with van der Waals surface area (Å²) in [6.07, 6.45) is 3.61. The van der Waals surface area contributed by atoms with Crippen LogP contribution in [0, 0.1) is 0 Å². The third-order valence-electron chi connectivity index (χ3n) is 2.63. The second-order valence-electron chi connectivity index (χ2n) is 3.91. The van der Waals surface area contributed by atoms with Crippen LogP contribution in [-0.4, -0.2) is 16.4 Å². The number of nitrogens with one attached hydrogen (secondary N) is 2. The van der Waals surface area contributed by atoms with Gasteiger partial charge in [-0.2, -0.15) is 0 Å². The molecular formula is C13H13ClN2O2. The number of hydrogen-bond acceptors (Lipinski definition) is 4. The van der Waals surface area contributed by atoms with Crippen LogP contribution in [0.25, 0.3) is 0 Å². The molecule has 0 aromatic heterocycles. The highest BCUT2D eigenvalue weighted by molar-refractivity contribution is 6.33. The first kappa shape index (κ1) is 12.5. The first-order chi connectivity index (χ1) is 8.65. The van der Waals surface area contributed by atoms with E-state index in [-0.39, 0.29) is 5.76 Å². The maximum Gasteiger partial charge on any atom is 0.227 e. The monoisotopic (exact) mass is 264 g/mol. The summed E-state index contributed by atoms with van der Waals surface area (Å²) in [5.74, 6) is -0.224. The Morgan fingerprint density at radius 2 is 2.11 bits per heavy atom. The van der Waals surface area contributed by atoms with Crippen molar-refractivity contribution in [1.82, 2.24) is 10.6 Å². The Morgan fingerprint density at radius 3 is 2.78 bits per heavy atom. The normalized spacial score (nSPS) is 22.5. The first-order valence-electron chi connectivity index (χ1n) is 5.47. The van der Waals surface area contributed by atoms with Crippen LogP contribution in [0.15, 0.2) is 54.1 Å². The number of benzene rings is 1. The summed E-state index contributed by atoms with van der Waals surface area (Å²) in [7, 11) is 0. The van der Waals surface area contributed by atoms with E-state index in [0.717, 1.165) is 5.56 Å². The molecule has 4 nitrogen and oxygen atoms in total. The molecule has 2 rings (SSSR count). The molecule has 1 unspecified atom stereocenters. The van der Waals surface area contributed by atoms with Crippen LogP contribution in [0.1, 0.15) is 5.56 Å². The predicted molar refractivity (Wildman–Crippen MR) is 69.9 cm³/mol. The third-order valence-corrected chi connectivity index (χ3v) is 3.01. The van der Waals surface area contributed by atoms with Crippen molar-refractivity contribution in [2.24, 2.45) is 0 Å². The van der Waals surface area contributed by atoms with Gasteiger partial charge in [0.1, 0.15) is 0 Å². The van der Waals surface area contributed by atoms with Crippen molar-refractivity contribution < 1.29 is 9.90 Å². The molecule has 0 saturated heterocycles. The average Bonchev–Trinajstić information content (AvgIpc) is 2.42. The fourth-order valence-electron chi connectivity index (χ4n) is 1.62. The van der Waals surface area contributed by atoms with Gasteiger partial charge in [-0.05, 0) is 11.6 Å². The van der Waals surface area contributed by atoms with Gasteiger partial charge in [-0.25, -0.2) is 0 Å². The molecular weight excluding hydrogens is 252 g/mol. The van der Waals surface area contributed by atoms with Crippen molar-refractivity contribution in [2.75, 3.05) is 0 Å².